The van der Waals surface area contributed by atoms with Crippen LogP contribution in [0.25, 0.3) is 0 Å². The van der Waals surface area contributed by atoms with Gasteiger partial charge in [0.1, 0.15) is 0 Å². The molecule has 0 unspecified atom stereocenters. The van der Waals surface area contributed by atoms with Gasteiger partial charge < -0.3 is 15.7 Å². The Morgan fingerprint density at radius 2 is 1.92 bits per heavy atom. The first-order valence-corrected chi connectivity index (χ1v) is 9.23. The fourth-order valence-corrected chi connectivity index (χ4v) is 2.69. The van der Waals surface area contributed by atoms with Crippen molar-refractivity contribution in [1.82, 2.24) is 5.32 Å². The van der Waals surface area contributed by atoms with Crippen LogP contribution in [0.2, 0.25) is 5.02 Å². The molecule has 4 N–H and O–H groups in total. The number of carbonyl (C=O) groups is 2. The largest absolute Gasteiger partial charge is 0.481 e. The lowest BCUT2D eigenvalue weighted by molar-refractivity contribution is -0.137. The van der Waals surface area contributed by atoms with E-state index in [1.165, 1.54) is 18.2 Å². The number of hydrogen-bond acceptors (Lipinski definition) is 4. The van der Waals surface area contributed by atoms with Crippen molar-refractivity contribution in [1.29, 1.82) is 0 Å². The predicted octanol–water partition coefficient (Wildman–Crippen LogP) is 2.48. The minimum absolute atomic E-state index is 0.0645. The number of sulfonamides is 1. The summed E-state index contributed by atoms with van der Waals surface area (Å²) in [5.41, 5.74) is -0.137. The zero-order valence-electron chi connectivity index (χ0n) is 13.5. The average molecular weight is 378 g/mol. The highest BCUT2D eigenvalue weighted by Crippen LogP contribution is 2.26. The minimum Gasteiger partial charge on any atom is -0.481 e. The van der Waals surface area contributed by atoms with Gasteiger partial charge in [0.15, 0.2) is 0 Å². The molecule has 0 radical (unpaired) electrons. The summed E-state index contributed by atoms with van der Waals surface area (Å²) in [5.74, 6) is -0.939. The third-order valence-corrected chi connectivity index (χ3v) is 3.84. The maximum atomic E-state index is 12.0. The Labute approximate surface area is 145 Å². The average Bonchev–Trinajstić information content (AvgIpc) is 2.38. The Bertz CT molecular complexity index is 734. The van der Waals surface area contributed by atoms with Crippen LogP contribution in [0.15, 0.2) is 18.2 Å². The standard InChI is InChI=1S/C14H20ClN3O5S/c1-14(2,7-6-12(19)20)17-13(21)16-9-4-5-11(10(15)8-9)18-24(3,22)23/h4-5,8,18H,6-7H2,1-3H3,(H,19,20)(H2,16,17,21). The molecular weight excluding hydrogens is 358 g/mol. The van der Waals surface area contributed by atoms with Crippen LogP contribution in [0.5, 0.6) is 0 Å². The van der Waals surface area contributed by atoms with Gasteiger partial charge in [-0.2, -0.15) is 0 Å². The molecule has 0 saturated heterocycles. The summed E-state index contributed by atoms with van der Waals surface area (Å²) in [6.45, 7) is 3.42. The quantitative estimate of drug-likeness (QED) is 0.581. The maximum absolute atomic E-state index is 12.0. The molecule has 0 atom stereocenters. The zero-order valence-corrected chi connectivity index (χ0v) is 15.1. The van der Waals surface area contributed by atoms with Crippen molar-refractivity contribution in [2.75, 3.05) is 16.3 Å². The topological polar surface area (TPSA) is 125 Å². The van der Waals surface area contributed by atoms with E-state index in [2.05, 4.69) is 15.4 Å². The molecule has 2 amide bonds. The third-order valence-electron chi connectivity index (χ3n) is 2.94. The van der Waals surface area contributed by atoms with E-state index < -0.39 is 27.6 Å². The zero-order chi connectivity index (χ0) is 18.5. The second-order valence-corrected chi connectivity index (χ2v) is 8.08. The number of carbonyl (C=O) groups excluding carboxylic acids is 1. The molecule has 0 bridgehead atoms. The highest BCUT2D eigenvalue weighted by atomic mass is 35.5. The Hall–Kier alpha value is -2.00. The molecule has 0 aromatic heterocycles. The lowest BCUT2D eigenvalue weighted by Crippen LogP contribution is -2.45. The fraction of sp³-hybridized carbons (Fsp3) is 0.429. The first kappa shape index (κ1) is 20.0. The molecule has 0 saturated carbocycles. The molecule has 0 aliphatic carbocycles. The lowest BCUT2D eigenvalue weighted by atomic mass is 9.99. The number of benzene rings is 1. The Morgan fingerprint density at radius 3 is 2.42 bits per heavy atom. The van der Waals surface area contributed by atoms with Gasteiger partial charge in [0.25, 0.3) is 0 Å². The minimum atomic E-state index is -3.46. The van der Waals surface area contributed by atoms with Gasteiger partial charge in [-0.1, -0.05) is 11.6 Å². The molecule has 0 heterocycles. The number of carboxylic acid groups (broad SMARTS) is 1. The van der Waals surface area contributed by atoms with E-state index in [9.17, 15) is 18.0 Å². The normalized spacial score (nSPS) is 11.7. The molecule has 8 nitrogen and oxygen atoms in total. The number of urea groups is 1. The van der Waals surface area contributed by atoms with E-state index in [0.717, 1.165) is 6.26 Å². The molecule has 1 aromatic rings. The molecule has 1 aromatic carbocycles. The van der Waals surface area contributed by atoms with Crippen LogP contribution in [0.3, 0.4) is 0 Å². The molecule has 24 heavy (non-hydrogen) atoms. The first-order valence-electron chi connectivity index (χ1n) is 6.96. The second-order valence-electron chi connectivity index (χ2n) is 5.93. The number of rotatable bonds is 7. The van der Waals surface area contributed by atoms with Crippen molar-refractivity contribution < 1.29 is 23.1 Å². The summed E-state index contributed by atoms with van der Waals surface area (Å²) in [4.78, 5) is 22.6. The van der Waals surface area contributed by atoms with Gasteiger partial charge in [0.05, 0.1) is 17.0 Å². The van der Waals surface area contributed by atoms with Crippen LogP contribution in [0.1, 0.15) is 26.7 Å². The van der Waals surface area contributed by atoms with Gasteiger partial charge in [0, 0.05) is 17.6 Å². The molecule has 10 heteroatoms. The predicted molar refractivity (Wildman–Crippen MR) is 93.0 cm³/mol. The van der Waals surface area contributed by atoms with E-state index in [0.29, 0.717) is 5.69 Å². The van der Waals surface area contributed by atoms with E-state index in [1.54, 1.807) is 13.8 Å². The monoisotopic (exact) mass is 377 g/mol. The van der Waals surface area contributed by atoms with Gasteiger partial charge >= 0.3 is 12.0 Å². The van der Waals surface area contributed by atoms with E-state index in [-0.39, 0.29) is 23.6 Å². The van der Waals surface area contributed by atoms with Gasteiger partial charge in [-0.15, -0.1) is 0 Å². The first-order chi connectivity index (χ1) is 10.9. The third kappa shape index (κ3) is 7.51. The van der Waals surface area contributed by atoms with Crippen molar-refractivity contribution >= 4 is 45.0 Å². The van der Waals surface area contributed by atoms with Crippen LogP contribution in [-0.2, 0) is 14.8 Å². The number of anilines is 2. The molecule has 0 fully saturated rings. The van der Waals surface area contributed by atoms with Crippen molar-refractivity contribution in [3.8, 4) is 0 Å². The smallest absolute Gasteiger partial charge is 0.319 e. The summed E-state index contributed by atoms with van der Waals surface area (Å²) in [6.07, 6.45) is 1.21. The number of carboxylic acids is 1. The summed E-state index contributed by atoms with van der Waals surface area (Å²) >= 11 is 5.97. The van der Waals surface area contributed by atoms with Gasteiger partial charge in [-0.05, 0) is 38.5 Å². The highest BCUT2D eigenvalue weighted by Gasteiger charge is 2.21. The van der Waals surface area contributed by atoms with Crippen LogP contribution in [0, 0.1) is 0 Å². The fourth-order valence-electron chi connectivity index (χ4n) is 1.83. The molecule has 0 aliphatic heterocycles. The number of halogens is 1. The summed E-state index contributed by atoms with van der Waals surface area (Å²) in [5, 5.41) is 14.0. The van der Waals surface area contributed by atoms with Crippen molar-refractivity contribution in [3.05, 3.63) is 23.2 Å². The van der Waals surface area contributed by atoms with Crippen molar-refractivity contribution in [2.45, 2.75) is 32.2 Å². The van der Waals surface area contributed by atoms with Crippen LogP contribution in [-0.4, -0.2) is 37.3 Å². The van der Waals surface area contributed by atoms with Gasteiger partial charge in [-0.25, -0.2) is 13.2 Å². The van der Waals surface area contributed by atoms with Crippen LogP contribution < -0.4 is 15.4 Å². The number of nitrogens with one attached hydrogen (secondary N) is 3. The summed E-state index contributed by atoms with van der Waals surface area (Å²) in [7, 11) is -3.46. The molecule has 0 aliphatic rings. The van der Waals surface area contributed by atoms with Crippen molar-refractivity contribution in [3.63, 3.8) is 0 Å². The van der Waals surface area contributed by atoms with E-state index >= 15 is 0 Å². The Kier molecular flexibility index (Phi) is 6.44. The number of aliphatic carboxylic acids is 1. The second kappa shape index (κ2) is 7.71. The number of hydrogen-bond donors (Lipinski definition) is 4. The Balaban J connectivity index is 2.71. The highest BCUT2D eigenvalue weighted by molar-refractivity contribution is 7.92. The molecule has 134 valence electrons. The van der Waals surface area contributed by atoms with Gasteiger partial charge in [-0.3, -0.25) is 9.52 Å². The lowest BCUT2D eigenvalue weighted by Gasteiger charge is -2.25. The summed E-state index contributed by atoms with van der Waals surface area (Å²) in [6, 6.07) is 3.79. The molecular formula is C14H20ClN3O5S. The van der Waals surface area contributed by atoms with Crippen molar-refractivity contribution in [2.24, 2.45) is 0 Å². The molecule has 1 rings (SSSR count). The Morgan fingerprint density at radius 1 is 1.29 bits per heavy atom. The maximum Gasteiger partial charge on any atom is 0.319 e. The van der Waals surface area contributed by atoms with Crippen LogP contribution in [0.4, 0.5) is 16.2 Å². The SMILES string of the molecule is CC(C)(CCC(=O)O)NC(=O)Nc1ccc(NS(C)(=O)=O)c(Cl)c1. The van der Waals surface area contributed by atoms with E-state index in [4.69, 9.17) is 16.7 Å². The van der Waals surface area contributed by atoms with Gasteiger partial charge in [0.2, 0.25) is 10.0 Å². The van der Waals surface area contributed by atoms with E-state index in [1.807, 2.05) is 0 Å². The number of amides is 2. The summed E-state index contributed by atoms with van der Waals surface area (Å²) < 4.78 is 24.6. The molecule has 0 spiro atoms. The van der Waals surface area contributed by atoms with Crippen LogP contribution >= 0.6 is 11.6 Å².